The zero-order valence-corrected chi connectivity index (χ0v) is 14.1. The van der Waals surface area contributed by atoms with Crippen molar-refractivity contribution in [1.29, 1.82) is 0 Å². The fourth-order valence-electron chi connectivity index (χ4n) is 1.76. The Kier molecular flexibility index (Phi) is 6.11. The third-order valence-corrected chi connectivity index (χ3v) is 4.32. The number of hydrogen-bond acceptors (Lipinski definition) is 5. The maximum Gasteiger partial charge on any atom is 0.213 e. The molecule has 2 heterocycles. The Bertz CT molecular complexity index is 575. The molecule has 1 atom stereocenters. The molecule has 2 aromatic rings. The zero-order valence-electron chi connectivity index (χ0n) is 11.7. The first-order valence-corrected chi connectivity index (χ1v) is 7.96. The van der Waals surface area contributed by atoms with Gasteiger partial charge in [0.05, 0.1) is 33.2 Å². The molecule has 1 N–H and O–H groups in total. The molecule has 1 unspecified atom stereocenters. The zero-order chi connectivity index (χ0) is 15.2. The quantitative estimate of drug-likeness (QED) is 0.741. The number of aromatic nitrogens is 1. The highest BCUT2D eigenvalue weighted by Gasteiger charge is 2.13. The third kappa shape index (κ3) is 4.74. The molecule has 0 aliphatic carbocycles. The number of halogens is 2. The monoisotopic (exact) mass is 346 g/mol. The van der Waals surface area contributed by atoms with E-state index in [2.05, 4.69) is 10.3 Å². The maximum absolute atomic E-state index is 6.15. The maximum atomic E-state index is 6.15. The van der Waals surface area contributed by atoms with Crippen molar-refractivity contribution in [3.05, 3.63) is 38.6 Å². The van der Waals surface area contributed by atoms with Crippen LogP contribution in [-0.2, 0) is 4.74 Å². The van der Waals surface area contributed by atoms with Gasteiger partial charge in [-0.2, -0.15) is 0 Å². The molecule has 0 bridgehead atoms. The number of anilines is 1. The smallest absolute Gasteiger partial charge is 0.213 e. The van der Waals surface area contributed by atoms with Crippen molar-refractivity contribution >= 4 is 40.2 Å². The lowest BCUT2D eigenvalue weighted by molar-refractivity contribution is 0.144. The summed E-state index contributed by atoms with van der Waals surface area (Å²) in [4.78, 5) is 4.23. The van der Waals surface area contributed by atoms with E-state index in [0.717, 1.165) is 11.3 Å². The number of hydrogen-bond donors (Lipinski definition) is 1. The second-order valence-electron chi connectivity index (χ2n) is 4.37. The van der Waals surface area contributed by atoms with Crippen molar-refractivity contribution in [2.45, 2.75) is 13.0 Å². The van der Waals surface area contributed by atoms with Gasteiger partial charge in [0.1, 0.15) is 6.61 Å². The second kappa shape index (κ2) is 7.84. The summed E-state index contributed by atoms with van der Waals surface area (Å²) in [5.41, 5.74) is 1.87. The number of nitrogens with zero attached hydrogens (tertiary/aromatic N) is 1. The molecule has 114 valence electrons. The second-order valence-corrected chi connectivity index (χ2v) is 6.66. The van der Waals surface area contributed by atoms with Gasteiger partial charge in [-0.15, -0.1) is 11.3 Å². The van der Waals surface area contributed by atoms with E-state index < -0.39 is 0 Å². The highest BCUT2D eigenvalue weighted by Crippen LogP contribution is 2.36. The van der Waals surface area contributed by atoms with Crippen LogP contribution < -0.4 is 10.1 Å². The predicted molar refractivity (Wildman–Crippen MR) is 88.0 cm³/mol. The van der Waals surface area contributed by atoms with Gasteiger partial charge in [0, 0.05) is 18.7 Å². The molecular weight excluding hydrogens is 331 g/mol. The summed E-state index contributed by atoms with van der Waals surface area (Å²) in [6, 6.07) is 5.64. The van der Waals surface area contributed by atoms with E-state index in [9.17, 15) is 0 Å². The molecule has 0 saturated carbocycles. The fraction of sp³-hybridized carbons (Fsp3) is 0.357. The molecule has 0 saturated heterocycles. The van der Waals surface area contributed by atoms with E-state index in [1.165, 1.54) is 11.3 Å². The van der Waals surface area contributed by atoms with Gasteiger partial charge in [0.2, 0.25) is 5.88 Å². The van der Waals surface area contributed by atoms with Crippen molar-refractivity contribution in [1.82, 2.24) is 4.98 Å². The molecule has 0 radical (unpaired) electrons. The van der Waals surface area contributed by atoms with Crippen molar-refractivity contribution in [3.63, 3.8) is 0 Å². The van der Waals surface area contributed by atoms with Crippen LogP contribution in [0.25, 0.3) is 0 Å². The van der Waals surface area contributed by atoms with Crippen LogP contribution in [-0.4, -0.2) is 25.3 Å². The fourth-order valence-corrected chi connectivity index (χ4v) is 3.40. The lowest BCUT2D eigenvalue weighted by Gasteiger charge is -2.14. The van der Waals surface area contributed by atoms with Gasteiger partial charge in [-0.25, -0.2) is 4.98 Å². The van der Waals surface area contributed by atoms with Crippen LogP contribution in [0.1, 0.15) is 18.5 Å². The first-order valence-electron chi connectivity index (χ1n) is 6.39. The van der Waals surface area contributed by atoms with Crippen LogP contribution in [0.4, 0.5) is 5.69 Å². The highest BCUT2D eigenvalue weighted by atomic mass is 35.5. The average Bonchev–Trinajstić information content (AvgIpc) is 2.80. The number of ether oxygens (including phenoxy) is 2. The Morgan fingerprint density at radius 2 is 2.14 bits per heavy atom. The topological polar surface area (TPSA) is 43.4 Å². The standard InChI is InChI=1S/C14H16Cl2N2O2S/c1-9(11-7-12(15)21-14(11)16)18-10-3-4-13(17-8-10)20-6-5-19-2/h3-4,7-9,18H,5-6H2,1-2H3. The van der Waals surface area contributed by atoms with Crippen LogP contribution in [0.15, 0.2) is 24.4 Å². The first kappa shape index (κ1) is 16.4. The van der Waals surface area contributed by atoms with E-state index in [1.54, 1.807) is 13.3 Å². The van der Waals surface area contributed by atoms with Crippen molar-refractivity contribution < 1.29 is 9.47 Å². The minimum Gasteiger partial charge on any atom is -0.475 e. The highest BCUT2D eigenvalue weighted by molar-refractivity contribution is 7.20. The van der Waals surface area contributed by atoms with Crippen LogP contribution in [0.3, 0.4) is 0 Å². The van der Waals surface area contributed by atoms with Gasteiger partial charge >= 0.3 is 0 Å². The Morgan fingerprint density at radius 3 is 2.71 bits per heavy atom. The van der Waals surface area contributed by atoms with Gasteiger partial charge in [0.15, 0.2) is 0 Å². The van der Waals surface area contributed by atoms with E-state index in [0.29, 0.717) is 27.8 Å². The normalized spacial score (nSPS) is 12.2. The van der Waals surface area contributed by atoms with Crippen LogP contribution in [0.5, 0.6) is 5.88 Å². The van der Waals surface area contributed by atoms with E-state index in [4.69, 9.17) is 32.7 Å². The lowest BCUT2D eigenvalue weighted by Crippen LogP contribution is -2.07. The number of thiophene rings is 1. The number of nitrogens with one attached hydrogen (secondary N) is 1. The van der Waals surface area contributed by atoms with Gasteiger partial charge in [-0.1, -0.05) is 23.2 Å². The molecule has 0 amide bonds. The molecule has 0 aliphatic heterocycles. The summed E-state index contributed by atoms with van der Waals surface area (Å²) < 4.78 is 11.7. The molecule has 4 nitrogen and oxygen atoms in total. The molecular formula is C14H16Cl2N2O2S. The lowest BCUT2D eigenvalue weighted by atomic mass is 10.2. The van der Waals surface area contributed by atoms with Gasteiger partial charge < -0.3 is 14.8 Å². The molecule has 2 rings (SSSR count). The Balaban J connectivity index is 1.95. The Labute approximate surface area is 138 Å². The van der Waals surface area contributed by atoms with Crippen LogP contribution in [0, 0.1) is 0 Å². The van der Waals surface area contributed by atoms with Gasteiger partial charge in [-0.05, 0) is 19.1 Å². The third-order valence-electron chi connectivity index (χ3n) is 2.81. The van der Waals surface area contributed by atoms with Crippen molar-refractivity contribution in [2.75, 3.05) is 25.6 Å². The van der Waals surface area contributed by atoms with Crippen LogP contribution in [0.2, 0.25) is 8.67 Å². The Hall–Kier alpha value is -1.01. The van der Waals surface area contributed by atoms with Crippen molar-refractivity contribution in [2.24, 2.45) is 0 Å². The summed E-state index contributed by atoms with van der Waals surface area (Å²) in [5.74, 6) is 0.571. The molecule has 21 heavy (non-hydrogen) atoms. The summed E-state index contributed by atoms with van der Waals surface area (Å²) in [6.07, 6.45) is 1.72. The summed E-state index contributed by atoms with van der Waals surface area (Å²) in [7, 11) is 1.63. The van der Waals surface area contributed by atoms with E-state index >= 15 is 0 Å². The number of rotatable bonds is 7. The van der Waals surface area contributed by atoms with Crippen molar-refractivity contribution in [3.8, 4) is 5.88 Å². The summed E-state index contributed by atoms with van der Waals surface area (Å²) in [5, 5.41) is 3.33. The number of pyridine rings is 1. The predicted octanol–water partition coefficient (Wildman–Crippen LogP) is 4.65. The molecule has 0 aliphatic rings. The minimum atomic E-state index is 0.0447. The van der Waals surface area contributed by atoms with Crippen LogP contribution >= 0.6 is 34.5 Å². The average molecular weight is 347 g/mol. The summed E-state index contributed by atoms with van der Waals surface area (Å²) in [6.45, 7) is 3.04. The SMILES string of the molecule is COCCOc1ccc(NC(C)c2cc(Cl)sc2Cl)cn1. The minimum absolute atomic E-state index is 0.0447. The van der Waals surface area contributed by atoms with Gasteiger partial charge in [-0.3, -0.25) is 0 Å². The Morgan fingerprint density at radius 1 is 1.33 bits per heavy atom. The molecule has 0 fully saturated rings. The van der Waals surface area contributed by atoms with E-state index in [1.807, 2.05) is 25.1 Å². The molecule has 0 spiro atoms. The number of methoxy groups -OCH3 is 1. The molecule has 2 aromatic heterocycles. The largest absolute Gasteiger partial charge is 0.475 e. The van der Waals surface area contributed by atoms with E-state index in [-0.39, 0.29) is 6.04 Å². The molecule has 7 heteroatoms. The van der Waals surface area contributed by atoms with Gasteiger partial charge in [0.25, 0.3) is 0 Å². The molecule has 0 aromatic carbocycles. The first-order chi connectivity index (χ1) is 10.1. The summed E-state index contributed by atoms with van der Waals surface area (Å²) >= 11 is 13.5.